The quantitative estimate of drug-likeness (QED) is 0.137. The molecule has 0 unspecified atom stereocenters. The summed E-state index contributed by atoms with van der Waals surface area (Å²) in [6, 6.07) is 9.66. The minimum absolute atomic E-state index is 0.106. The monoisotopic (exact) mass is 515 g/mol. The smallest absolute Gasteiger partial charge is 0.230 e. The third kappa shape index (κ3) is 9.06. The molecule has 0 fully saturated rings. The molecule has 0 saturated heterocycles. The topological polar surface area (TPSA) is 86.2 Å². The summed E-state index contributed by atoms with van der Waals surface area (Å²) in [4.78, 5) is 8.81. The van der Waals surface area contributed by atoms with E-state index in [9.17, 15) is 0 Å². The van der Waals surface area contributed by atoms with Crippen LogP contribution in [0.3, 0.4) is 0 Å². The van der Waals surface area contributed by atoms with Gasteiger partial charge in [-0.2, -0.15) is 12.6 Å². The van der Waals surface area contributed by atoms with E-state index in [0.29, 0.717) is 17.2 Å². The zero-order valence-electron chi connectivity index (χ0n) is 22.3. The fraction of sp³-hybridized carbons (Fsp3) is 0.393. The van der Waals surface area contributed by atoms with E-state index in [2.05, 4.69) is 58.7 Å². The van der Waals surface area contributed by atoms with Crippen LogP contribution >= 0.6 is 12.6 Å². The molecule has 0 atom stereocenters. The van der Waals surface area contributed by atoms with Crippen LogP contribution < -0.4 is 24.4 Å². The van der Waals surface area contributed by atoms with Gasteiger partial charge < -0.3 is 18.9 Å². The molecule has 7 nitrogen and oxygen atoms in total. The first-order chi connectivity index (χ1) is 16.9. The Bertz CT molecular complexity index is 1080. The Morgan fingerprint density at radius 1 is 0.972 bits per heavy atom. The molecule has 0 saturated carbocycles. The third-order valence-electron chi connectivity index (χ3n) is 5.02. The summed E-state index contributed by atoms with van der Waals surface area (Å²) >= 11 is 4.66. The number of carbonyl (C=O) groups is 1. The van der Waals surface area contributed by atoms with Crippen molar-refractivity contribution in [3.05, 3.63) is 53.6 Å². The van der Waals surface area contributed by atoms with Gasteiger partial charge >= 0.3 is 0 Å². The van der Waals surface area contributed by atoms with Crippen molar-refractivity contribution in [1.29, 1.82) is 0 Å². The number of methoxy groups -OCH3 is 4. The minimum Gasteiger partial charge on any atom is -0.495 e. The SMILES string of the molecule is C=C(c1ccc(OC)c(C#CC(C)(C)CC(C)(C)S)c1)c1cc(OC)c(OC)c(OC)c1.O=CNO. The second-order valence-electron chi connectivity index (χ2n) is 9.18. The summed E-state index contributed by atoms with van der Waals surface area (Å²) < 4.78 is 21.8. The van der Waals surface area contributed by atoms with E-state index in [-0.39, 0.29) is 16.6 Å². The molecular weight excluding hydrogens is 478 g/mol. The fourth-order valence-corrected chi connectivity index (χ4v) is 4.17. The maximum atomic E-state index is 8.81. The van der Waals surface area contributed by atoms with Crippen molar-refractivity contribution in [3.63, 3.8) is 0 Å². The third-order valence-corrected chi connectivity index (χ3v) is 5.18. The van der Waals surface area contributed by atoms with Crippen LogP contribution in [0.4, 0.5) is 0 Å². The number of rotatable bonds is 9. The molecule has 2 rings (SSSR count). The Labute approximate surface area is 220 Å². The lowest BCUT2D eigenvalue weighted by Gasteiger charge is -2.27. The number of thiol groups is 1. The Hall–Kier alpha value is -3.28. The highest BCUT2D eigenvalue weighted by Gasteiger charge is 2.24. The van der Waals surface area contributed by atoms with Gasteiger partial charge in [-0.05, 0) is 61.2 Å². The van der Waals surface area contributed by atoms with Crippen LogP contribution in [-0.4, -0.2) is 44.8 Å². The lowest BCUT2D eigenvalue weighted by molar-refractivity contribution is -0.116. The Balaban J connectivity index is 0.00000150. The van der Waals surface area contributed by atoms with Crippen LogP contribution in [0.5, 0.6) is 23.0 Å². The molecule has 0 heterocycles. The van der Waals surface area contributed by atoms with Gasteiger partial charge in [0.1, 0.15) is 5.75 Å². The van der Waals surface area contributed by atoms with E-state index in [1.54, 1.807) is 28.4 Å². The van der Waals surface area contributed by atoms with E-state index in [1.807, 2.05) is 30.3 Å². The first-order valence-electron chi connectivity index (χ1n) is 11.1. The summed E-state index contributed by atoms with van der Waals surface area (Å²) in [6.45, 7) is 12.8. The molecule has 0 radical (unpaired) electrons. The summed E-state index contributed by atoms with van der Waals surface area (Å²) in [6.07, 6.45) is 1.04. The molecule has 8 heteroatoms. The van der Waals surface area contributed by atoms with Crippen LogP contribution in [0, 0.1) is 17.3 Å². The molecule has 36 heavy (non-hydrogen) atoms. The average Bonchev–Trinajstić information content (AvgIpc) is 2.84. The maximum Gasteiger partial charge on any atom is 0.230 e. The molecule has 196 valence electrons. The highest BCUT2D eigenvalue weighted by molar-refractivity contribution is 7.81. The van der Waals surface area contributed by atoms with E-state index in [4.69, 9.17) is 28.9 Å². The van der Waals surface area contributed by atoms with E-state index >= 15 is 0 Å². The number of ether oxygens (including phenoxy) is 4. The van der Waals surface area contributed by atoms with Gasteiger partial charge in [0.05, 0.1) is 34.0 Å². The van der Waals surface area contributed by atoms with Gasteiger partial charge in [0.2, 0.25) is 12.2 Å². The first kappa shape index (κ1) is 30.8. The number of benzene rings is 2. The second-order valence-corrected chi connectivity index (χ2v) is 10.4. The van der Waals surface area contributed by atoms with Crippen LogP contribution in [0.15, 0.2) is 36.9 Å². The van der Waals surface area contributed by atoms with Crippen molar-refractivity contribution in [2.24, 2.45) is 5.41 Å². The molecule has 0 spiro atoms. The number of amides is 1. The highest BCUT2D eigenvalue weighted by Crippen LogP contribution is 2.41. The van der Waals surface area contributed by atoms with E-state index in [1.165, 1.54) is 5.48 Å². The van der Waals surface area contributed by atoms with Crippen molar-refractivity contribution < 1.29 is 28.9 Å². The van der Waals surface area contributed by atoms with Gasteiger partial charge in [-0.3, -0.25) is 10.0 Å². The molecule has 0 aliphatic carbocycles. The fourth-order valence-electron chi connectivity index (χ4n) is 3.78. The maximum absolute atomic E-state index is 8.81. The molecule has 1 amide bonds. The van der Waals surface area contributed by atoms with Gasteiger partial charge in [-0.15, -0.1) is 0 Å². The summed E-state index contributed by atoms with van der Waals surface area (Å²) in [5.41, 5.74) is 4.46. The first-order valence-corrected chi connectivity index (χ1v) is 11.6. The molecular formula is C28H37NO6S. The van der Waals surface area contributed by atoms with Crippen molar-refractivity contribution in [1.82, 2.24) is 5.48 Å². The number of nitrogens with one attached hydrogen (secondary N) is 1. The Morgan fingerprint density at radius 3 is 1.92 bits per heavy atom. The molecule has 0 aliphatic rings. The largest absolute Gasteiger partial charge is 0.495 e. The number of hydrogen-bond acceptors (Lipinski definition) is 7. The van der Waals surface area contributed by atoms with Crippen molar-refractivity contribution >= 4 is 24.6 Å². The molecule has 2 N–H and O–H groups in total. The average molecular weight is 516 g/mol. The van der Waals surface area contributed by atoms with Crippen LogP contribution in [0.25, 0.3) is 5.57 Å². The van der Waals surface area contributed by atoms with E-state index in [0.717, 1.165) is 34.4 Å². The summed E-state index contributed by atoms with van der Waals surface area (Å²) in [7, 11) is 6.42. The predicted octanol–water partition coefficient (Wildman–Crippen LogP) is 5.38. The van der Waals surface area contributed by atoms with Crippen molar-refractivity contribution in [2.45, 2.75) is 38.9 Å². The van der Waals surface area contributed by atoms with Gasteiger partial charge in [0.15, 0.2) is 11.5 Å². The zero-order valence-corrected chi connectivity index (χ0v) is 23.2. The molecule has 0 aromatic heterocycles. The Kier molecular flexibility index (Phi) is 11.7. The number of hydrogen-bond donors (Lipinski definition) is 3. The minimum atomic E-state index is -0.194. The molecule has 2 aromatic rings. The van der Waals surface area contributed by atoms with Crippen LogP contribution in [0.1, 0.15) is 50.8 Å². The van der Waals surface area contributed by atoms with Gasteiger partial charge in [-0.25, -0.2) is 5.48 Å². The molecule has 0 bridgehead atoms. The van der Waals surface area contributed by atoms with Crippen molar-refractivity contribution in [3.8, 4) is 34.8 Å². The summed E-state index contributed by atoms with van der Waals surface area (Å²) in [5.74, 6) is 9.14. The van der Waals surface area contributed by atoms with E-state index < -0.39 is 0 Å². The lowest BCUT2D eigenvalue weighted by atomic mass is 9.84. The molecule has 2 aromatic carbocycles. The van der Waals surface area contributed by atoms with Gasteiger partial charge in [0.25, 0.3) is 0 Å². The standard InChI is InChI=1S/C27H34O4S.CH3NO2/c1-18(21-15-23(29-7)25(31-9)24(16-21)30-8)19-10-11-22(28-6)20(14-19)12-13-26(2,3)17-27(4,5)32;3-1-2-4/h10-11,14-16,32H,1,17H2,2-9H3;1,4H,(H,2,3). The van der Waals surface area contributed by atoms with Crippen LogP contribution in [0.2, 0.25) is 0 Å². The lowest BCUT2D eigenvalue weighted by Crippen LogP contribution is -2.22. The van der Waals surface area contributed by atoms with Gasteiger partial charge in [0, 0.05) is 10.2 Å². The predicted molar refractivity (Wildman–Crippen MR) is 147 cm³/mol. The number of carbonyl (C=O) groups excluding carboxylic acids is 1. The molecule has 0 aliphatic heterocycles. The highest BCUT2D eigenvalue weighted by atomic mass is 32.1. The normalized spacial score (nSPS) is 10.6. The van der Waals surface area contributed by atoms with Crippen LogP contribution in [-0.2, 0) is 4.79 Å². The van der Waals surface area contributed by atoms with Crippen molar-refractivity contribution in [2.75, 3.05) is 28.4 Å². The summed E-state index contributed by atoms with van der Waals surface area (Å²) in [5, 5.41) is 7.26. The zero-order chi connectivity index (χ0) is 27.5. The Morgan fingerprint density at radius 2 is 1.50 bits per heavy atom. The number of hydroxylamine groups is 1. The van der Waals surface area contributed by atoms with Gasteiger partial charge in [-0.1, -0.05) is 38.3 Å². The second kappa shape index (κ2) is 13.7.